The minimum atomic E-state index is -0.600. The fraction of sp³-hybridized carbons (Fsp3) is 0.533. The third kappa shape index (κ3) is 4.92. The second-order valence-electron chi connectivity index (χ2n) is 5.66. The molecule has 0 saturated carbocycles. The van der Waals surface area contributed by atoms with Crippen LogP contribution in [0.25, 0.3) is 0 Å². The normalized spacial score (nSPS) is 11.7. The number of benzene rings is 1. The van der Waals surface area contributed by atoms with Crippen LogP contribution >= 0.6 is 0 Å². The molecular weight excluding hydrogens is 256 g/mol. The summed E-state index contributed by atoms with van der Waals surface area (Å²) in [6.45, 7) is 4.14. The third-order valence-corrected chi connectivity index (χ3v) is 3.25. The van der Waals surface area contributed by atoms with Gasteiger partial charge in [-0.05, 0) is 25.6 Å². The van der Waals surface area contributed by atoms with E-state index in [4.69, 9.17) is 0 Å². The summed E-state index contributed by atoms with van der Waals surface area (Å²) in [4.78, 5) is 13.8. The maximum absolute atomic E-state index is 12.0. The van der Waals surface area contributed by atoms with Crippen LogP contribution in [-0.4, -0.2) is 54.4 Å². The molecule has 0 aliphatic heterocycles. The molecule has 0 aliphatic carbocycles. The Hall–Kier alpha value is -1.43. The maximum atomic E-state index is 12.0. The van der Waals surface area contributed by atoms with Crippen molar-refractivity contribution >= 4 is 11.6 Å². The molecule has 1 aromatic carbocycles. The first-order valence-corrected chi connectivity index (χ1v) is 6.66. The van der Waals surface area contributed by atoms with Gasteiger partial charge in [0.2, 0.25) is 5.91 Å². The minimum Gasteiger partial charge on any atom is -0.396 e. The van der Waals surface area contributed by atoms with Gasteiger partial charge in [0.1, 0.15) is 0 Å². The van der Waals surface area contributed by atoms with Crippen LogP contribution in [0.4, 0.5) is 5.69 Å². The van der Waals surface area contributed by atoms with Gasteiger partial charge in [-0.2, -0.15) is 0 Å². The lowest BCUT2D eigenvalue weighted by Crippen LogP contribution is -2.42. The van der Waals surface area contributed by atoms with E-state index in [9.17, 15) is 15.0 Å². The molecular formula is C15H24N2O3. The van der Waals surface area contributed by atoms with Crippen LogP contribution in [0.5, 0.6) is 0 Å². The van der Waals surface area contributed by atoms with E-state index in [0.717, 1.165) is 11.3 Å². The zero-order chi connectivity index (χ0) is 15.2. The predicted octanol–water partition coefficient (Wildman–Crippen LogP) is 0.856. The number of hydrogen-bond acceptors (Lipinski definition) is 4. The van der Waals surface area contributed by atoms with Crippen molar-refractivity contribution < 1.29 is 15.0 Å². The first kappa shape index (κ1) is 16.6. The van der Waals surface area contributed by atoms with Gasteiger partial charge in [0.05, 0.1) is 19.8 Å². The molecule has 5 nitrogen and oxygen atoms in total. The molecule has 112 valence electrons. The van der Waals surface area contributed by atoms with Crippen molar-refractivity contribution in [2.24, 2.45) is 5.41 Å². The second kappa shape index (κ2) is 7.38. The van der Waals surface area contributed by atoms with E-state index in [2.05, 4.69) is 5.32 Å². The van der Waals surface area contributed by atoms with Gasteiger partial charge in [0, 0.05) is 17.6 Å². The van der Waals surface area contributed by atoms with Gasteiger partial charge in [-0.25, -0.2) is 0 Å². The molecule has 0 saturated heterocycles. The van der Waals surface area contributed by atoms with E-state index in [1.807, 2.05) is 31.2 Å². The van der Waals surface area contributed by atoms with Gasteiger partial charge in [0.15, 0.2) is 0 Å². The van der Waals surface area contributed by atoms with Crippen LogP contribution < -0.4 is 5.32 Å². The number of amides is 1. The van der Waals surface area contributed by atoms with Crippen LogP contribution in [0.1, 0.15) is 12.5 Å². The van der Waals surface area contributed by atoms with E-state index < -0.39 is 5.41 Å². The smallest absolute Gasteiger partial charge is 0.238 e. The molecule has 1 aromatic rings. The van der Waals surface area contributed by atoms with Gasteiger partial charge in [-0.3, -0.25) is 9.69 Å². The number of aliphatic hydroxyl groups is 2. The Bertz CT molecular complexity index is 444. The quantitative estimate of drug-likeness (QED) is 0.692. The largest absolute Gasteiger partial charge is 0.396 e. The molecule has 0 spiro atoms. The monoisotopic (exact) mass is 280 g/mol. The van der Waals surface area contributed by atoms with E-state index in [-0.39, 0.29) is 25.7 Å². The molecule has 0 aliphatic rings. The lowest BCUT2D eigenvalue weighted by atomic mass is 9.92. The van der Waals surface area contributed by atoms with Crippen molar-refractivity contribution in [3.63, 3.8) is 0 Å². The molecule has 1 rings (SSSR count). The molecule has 1 amide bonds. The Morgan fingerprint density at radius 2 is 1.90 bits per heavy atom. The minimum absolute atomic E-state index is 0.111. The number of aliphatic hydroxyl groups excluding tert-OH is 2. The Balaban J connectivity index is 2.52. The molecule has 0 fully saturated rings. The lowest BCUT2D eigenvalue weighted by Gasteiger charge is -2.29. The van der Waals surface area contributed by atoms with Gasteiger partial charge < -0.3 is 15.5 Å². The predicted molar refractivity (Wildman–Crippen MR) is 79.6 cm³/mol. The van der Waals surface area contributed by atoms with E-state index in [0.29, 0.717) is 6.54 Å². The summed E-state index contributed by atoms with van der Waals surface area (Å²) in [5, 5.41) is 21.4. The fourth-order valence-corrected chi connectivity index (χ4v) is 2.01. The summed E-state index contributed by atoms with van der Waals surface area (Å²) in [6.07, 6.45) is 0. The van der Waals surface area contributed by atoms with Crippen molar-refractivity contribution in [1.29, 1.82) is 0 Å². The number of para-hydroxylation sites is 1. The molecule has 0 radical (unpaired) electrons. The molecule has 0 bridgehead atoms. The highest BCUT2D eigenvalue weighted by atomic mass is 16.3. The number of aryl methyl sites for hydroxylation is 1. The number of nitrogens with zero attached hydrogens (tertiary/aromatic N) is 1. The molecule has 0 unspecified atom stereocenters. The van der Waals surface area contributed by atoms with Gasteiger partial charge >= 0.3 is 0 Å². The average molecular weight is 280 g/mol. The van der Waals surface area contributed by atoms with E-state index in [1.165, 1.54) is 0 Å². The summed E-state index contributed by atoms with van der Waals surface area (Å²) in [7, 11) is 1.79. The van der Waals surface area contributed by atoms with E-state index >= 15 is 0 Å². The summed E-state index contributed by atoms with van der Waals surface area (Å²) < 4.78 is 0. The van der Waals surface area contributed by atoms with Crippen LogP contribution in [0, 0.1) is 12.3 Å². The number of rotatable bonds is 7. The zero-order valence-electron chi connectivity index (χ0n) is 12.4. The summed E-state index contributed by atoms with van der Waals surface area (Å²) >= 11 is 0. The number of carbonyl (C=O) groups excluding carboxylic acids is 1. The zero-order valence-corrected chi connectivity index (χ0v) is 12.4. The molecule has 5 heteroatoms. The third-order valence-electron chi connectivity index (χ3n) is 3.25. The average Bonchev–Trinajstić information content (AvgIpc) is 2.41. The first-order valence-electron chi connectivity index (χ1n) is 6.66. The molecule has 0 aromatic heterocycles. The van der Waals surface area contributed by atoms with Gasteiger partial charge in [-0.1, -0.05) is 25.1 Å². The number of carbonyl (C=O) groups is 1. The summed E-state index contributed by atoms with van der Waals surface area (Å²) in [6, 6.07) is 7.60. The molecule has 3 N–H and O–H groups in total. The van der Waals surface area contributed by atoms with Crippen molar-refractivity contribution in [3.05, 3.63) is 29.8 Å². The first-order chi connectivity index (χ1) is 9.40. The van der Waals surface area contributed by atoms with Crippen LogP contribution in [0.2, 0.25) is 0 Å². The maximum Gasteiger partial charge on any atom is 0.238 e. The Kier molecular flexibility index (Phi) is 6.13. The molecule has 0 heterocycles. The highest BCUT2D eigenvalue weighted by molar-refractivity contribution is 5.92. The van der Waals surface area contributed by atoms with Crippen molar-refractivity contribution in [2.75, 3.05) is 38.7 Å². The number of anilines is 1. The van der Waals surface area contributed by atoms with Gasteiger partial charge in [-0.15, -0.1) is 0 Å². The lowest BCUT2D eigenvalue weighted by molar-refractivity contribution is -0.117. The number of hydrogen-bond donors (Lipinski definition) is 3. The Morgan fingerprint density at radius 3 is 2.45 bits per heavy atom. The standard InChI is InChI=1S/C15H24N2O3/c1-12-6-4-5-7-13(12)16-14(20)8-17(3)9-15(2,10-18)11-19/h4-7,18-19H,8-11H2,1-3H3,(H,16,20). The number of likely N-dealkylation sites (N-methyl/N-ethyl adjacent to an activating group) is 1. The second-order valence-corrected chi connectivity index (χ2v) is 5.66. The highest BCUT2D eigenvalue weighted by Gasteiger charge is 2.25. The molecule has 0 atom stereocenters. The van der Waals surface area contributed by atoms with Gasteiger partial charge in [0.25, 0.3) is 0 Å². The van der Waals surface area contributed by atoms with Crippen molar-refractivity contribution in [3.8, 4) is 0 Å². The topological polar surface area (TPSA) is 72.8 Å². The van der Waals surface area contributed by atoms with Crippen molar-refractivity contribution in [2.45, 2.75) is 13.8 Å². The van der Waals surface area contributed by atoms with Crippen LogP contribution in [-0.2, 0) is 4.79 Å². The van der Waals surface area contributed by atoms with E-state index in [1.54, 1.807) is 18.9 Å². The van der Waals surface area contributed by atoms with Crippen LogP contribution in [0.15, 0.2) is 24.3 Å². The summed E-state index contributed by atoms with van der Waals surface area (Å²) in [5.74, 6) is -0.111. The van der Waals surface area contributed by atoms with Crippen LogP contribution in [0.3, 0.4) is 0 Å². The Morgan fingerprint density at radius 1 is 1.30 bits per heavy atom. The Labute approximate surface area is 120 Å². The van der Waals surface area contributed by atoms with Crippen molar-refractivity contribution in [1.82, 2.24) is 4.90 Å². The SMILES string of the molecule is Cc1ccccc1NC(=O)CN(C)CC(C)(CO)CO. The highest BCUT2D eigenvalue weighted by Crippen LogP contribution is 2.16. The fourth-order valence-electron chi connectivity index (χ4n) is 2.01. The number of nitrogens with one attached hydrogen (secondary N) is 1. The summed E-state index contributed by atoms with van der Waals surface area (Å²) in [5.41, 5.74) is 1.22. The molecule has 20 heavy (non-hydrogen) atoms.